The van der Waals surface area contributed by atoms with E-state index < -0.39 is 11.8 Å². The zero-order valence-corrected chi connectivity index (χ0v) is 12.3. The molecule has 0 radical (unpaired) electrons. The number of aryl methyl sites for hydroxylation is 3. The van der Waals surface area contributed by atoms with Crippen molar-refractivity contribution in [3.8, 4) is 0 Å². The fourth-order valence-corrected chi connectivity index (χ4v) is 2.19. The molecule has 0 saturated heterocycles. The van der Waals surface area contributed by atoms with Gasteiger partial charge in [0, 0.05) is 6.54 Å². The second kappa shape index (κ2) is 5.95. The van der Waals surface area contributed by atoms with Crippen LogP contribution in [-0.4, -0.2) is 11.1 Å². The average Bonchev–Trinajstić information content (AvgIpc) is 2.42. The fourth-order valence-electron chi connectivity index (χ4n) is 2.19. The predicted octanol–water partition coefficient (Wildman–Crippen LogP) is 4.06. The summed E-state index contributed by atoms with van der Waals surface area (Å²) in [5.41, 5.74) is 4.86. The molecule has 0 aromatic heterocycles. The van der Waals surface area contributed by atoms with Gasteiger partial charge in [-0.1, -0.05) is 12.1 Å². The summed E-state index contributed by atoms with van der Waals surface area (Å²) in [5, 5.41) is 11.9. The first-order valence-corrected chi connectivity index (χ1v) is 6.72. The van der Waals surface area contributed by atoms with Crippen molar-refractivity contribution in [3.63, 3.8) is 0 Å². The van der Waals surface area contributed by atoms with E-state index in [1.54, 1.807) is 0 Å². The lowest BCUT2D eigenvalue weighted by Gasteiger charge is -2.13. The van der Waals surface area contributed by atoms with Gasteiger partial charge in [-0.3, -0.25) is 0 Å². The van der Waals surface area contributed by atoms with E-state index in [9.17, 15) is 9.18 Å². The zero-order valence-electron chi connectivity index (χ0n) is 12.3. The molecule has 0 fully saturated rings. The Balaban J connectivity index is 2.22. The van der Waals surface area contributed by atoms with Crippen LogP contribution in [0.4, 0.5) is 10.1 Å². The van der Waals surface area contributed by atoms with Crippen LogP contribution in [0.25, 0.3) is 0 Å². The summed E-state index contributed by atoms with van der Waals surface area (Å²) in [6, 6.07) is 7.89. The SMILES string of the molecule is Cc1cc(C)c(CNc2cc(C(=O)O)ccc2F)cc1C. The first kappa shape index (κ1) is 15.0. The highest BCUT2D eigenvalue weighted by Gasteiger charge is 2.09. The molecule has 2 rings (SSSR count). The van der Waals surface area contributed by atoms with Crippen LogP contribution in [0.1, 0.15) is 32.6 Å². The van der Waals surface area contributed by atoms with Gasteiger partial charge in [-0.25, -0.2) is 9.18 Å². The monoisotopic (exact) mass is 287 g/mol. The molecule has 4 heteroatoms. The number of anilines is 1. The Morgan fingerprint density at radius 1 is 1.10 bits per heavy atom. The fraction of sp³-hybridized carbons (Fsp3) is 0.235. The number of halogens is 1. The molecule has 0 saturated carbocycles. The molecule has 0 atom stereocenters. The highest BCUT2D eigenvalue weighted by Crippen LogP contribution is 2.20. The number of carboxylic acid groups (broad SMARTS) is 1. The molecule has 2 aromatic rings. The Bertz CT molecular complexity index is 695. The van der Waals surface area contributed by atoms with E-state index in [1.165, 1.54) is 29.3 Å². The van der Waals surface area contributed by atoms with Crippen molar-refractivity contribution in [3.05, 3.63) is 64.0 Å². The van der Waals surface area contributed by atoms with Crippen molar-refractivity contribution >= 4 is 11.7 Å². The normalized spacial score (nSPS) is 10.5. The molecule has 2 aromatic carbocycles. The summed E-state index contributed by atoms with van der Waals surface area (Å²) in [6.07, 6.45) is 0. The number of carbonyl (C=O) groups is 1. The molecule has 0 spiro atoms. The lowest BCUT2D eigenvalue weighted by atomic mass is 10.0. The van der Waals surface area contributed by atoms with E-state index in [-0.39, 0.29) is 11.3 Å². The first-order valence-electron chi connectivity index (χ1n) is 6.72. The first-order chi connectivity index (χ1) is 9.88. The Labute approximate surface area is 123 Å². The quantitative estimate of drug-likeness (QED) is 0.891. The van der Waals surface area contributed by atoms with Crippen molar-refractivity contribution < 1.29 is 14.3 Å². The maximum Gasteiger partial charge on any atom is 0.335 e. The van der Waals surface area contributed by atoms with Gasteiger partial charge in [-0.05, 0) is 61.2 Å². The topological polar surface area (TPSA) is 49.3 Å². The minimum atomic E-state index is -1.07. The smallest absolute Gasteiger partial charge is 0.335 e. The van der Waals surface area contributed by atoms with Crippen LogP contribution >= 0.6 is 0 Å². The number of rotatable bonds is 4. The van der Waals surface area contributed by atoms with Gasteiger partial charge in [0.15, 0.2) is 0 Å². The number of benzene rings is 2. The highest BCUT2D eigenvalue weighted by molar-refractivity contribution is 5.88. The third kappa shape index (κ3) is 3.40. The second-order valence-electron chi connectivity index (χ2n) is 5.22. The van der Waals surface area contributed by atoms with Crippen molar-refractivity contribution in [1.82, 2.24) is 0 Å². The van der Waals surface area contributed by atoms with E-state index in [0.717, 1.165) is 11.1 Å². The van der Waals surface area contributed by atoms with Gasteiger partial charge in [0.25, 0.3) is 0 Å². The molecule has 110 valence electrons. The minimum absolute atomic E-state index is 0.0655. The molecule has 0 aliphatic carbocycles. The molecule has 0 aliphatic heterocycles. The van der Waals surface area contributed by atoms with Crippen LogP contribution in [-0.2, 0) is 6.54 Å². The number of carboxylic acids is 1. The highest BCUT2D eigenvalue weighted by atomic mass is 19.1. The van der Waals surface area contributed by atoms with E-state index >= 15 is 0 Å². The molecule has 0 aliphatic rings. The summed E-state index contributed by atoms with van der Waals surface area (Å²) >= 11 is 0. The zero-order chi connectivity index (χ0) is 15.6. The molecule has 2 N–H and O–H groups in total. The summed E-state index contributed by atoms with van der Waals surface area (Å²) in [5.74, 6) is -1.53. The molecule has 0 unspecified atom stereocenters. The lowest BCUT2D eigenvalue weighted by Crippen LogP contribution is -2.06. The number of hydrogen-bond acceptors (Lipinski definition) is 2. The Morgan fingerprint density at radius 2 is 1.76 bits per heavy atom. The van der Waals surface area contributed by atoms with Gasteiger partial charge in [0.1, 0.15) is 5.82 Å². The van der Waals surface area contributed by atoms with Crippen LogP contribution in [0, 0.1) is 26.6 Å². The van der Waals surface area contributed by atoms with E-state index in [1.807, 2.05) is 13.8 Å². The van der Waals surface area contributed by atoms with Crippen LogP contribution in [0.5, 0.6) is 0 Å². The summed E-state index contributed by atoms with van der Waals surface area (Å²) in [4.78, 5) is 10.9. The molecular weight excluding hydrogens is 269 g/mol. The summed E-state index contributed by atoms with van der Waals surface area (Å²) in [7, 11) is 0. The van der Waals surface area contributed by atoms with Gasteiger partial charge in [-0.2, -0.15) is 0 Å². The van der Waals surface area contributed by atoms with Crippen LogP contribution in [0.15, 0.2) is 30.3 Å². The third-order valence-corrected chi connectivity index (χ3v) is 3.63. The van der Waals surface area contributed by atoms with Crippen molar-refractivity contribution in [2.24, 2.45) is 0 Å². The Kier molecular flexibility index (Phi) is 4.26. The van der Waals surface area contributed by atoms with Gasteiger partial charge in [0.2, 0.25) is 0 Å². The third-order valence-electron chi connectivity index (χ3n) is 3.63. The van der Waals surface area contributed by atoms with E-state index in [2.05, 4.69) is 24.4 Å². The maximum atomic E-state index is 13.7. The number of hydrogen-bond donors (Lipinski definition) is 2. The van der Waals surface area contributed by atoms with Crippen molar-refractivity contribution in [1.29, 1.82) is 0 Å². The Morgan fingerprint density at radius 3 is 2.43 bits per heavy atom. The number of aromatic carboxylic acids is 1. The average molecular weight is 287 g/mol. The molecule has 0 heterocycles. The number of nitrogens with one attached hydrogen (secondary N) is 1. The molecule has 21 heavy (non-hydrogen) atoms. The van der Waals surface area contributed by atoms with E-state index in [0.29, 0.717) is 6.54 Å². The molecule has 0 bridgehead atoms. The molecule has 0 amide bonds. The van der Waals surface area contributed by atoms with Gasteiger partial charge in [0.05, 0.1) is 11.3 Å². The second-order valence-corrected chi connectivity index (χ2v) is 5.22. The lowest BCUT2D eigenvalue weighted by molar-refractivity contribution is 0.0697. The van der Waals surface area contributed by atoms with Crippen LogP contribution < -0.4 is 5.32 Å². The maximum absolute atomic E-state index is 13.7. The summed E-state index contributed by atoms with van der Waals surface area (Å²) in [6.45, 7) is 6.54. The van der Waals surface area contributed by atoms with Crippen LogP contribution in [0.3, 0.4) is 0 Å². The minimum Gasteiger partial charge on any atom is -0.478 e. The van der Waals surface area contributed by atoms with Crippen LogP contribution in [0.2, 0.25) is 0 Å². The van der Waals surface area contributed by atoms with Gasteiger partial charge >= 0.3 is 5.97 Å². The van der Waals surface area contributed by atoms with E-state index in [4.69, 9.17) is 5.11 Å². The van der Waals surface area contributed by atoms with Gasteiger partial charge < -0.3 is 10.4 Å². The molecular formula is C17H18FNO2. The largest absolute Gasteiger partial charge is 0.478 e. The standard InChI is InChI=1S/C17H18FNO2/c1-10-6-12(3)14(7-11(10)2)9-19-16-8-13(17(20)21)4-5-15(16)18/h4-8,19H,9H2,1-3H3,(H,20,21). The van der Waals surface area contributed by atoms with Crippen molar-refractivity contribution in [2.45, 2.75) is 27.3 Å². The molecule has 3 nitrogen and oxygen atoms in total. The predicted molar refractivity (Wildman–Crippen MR) is 81.3 cm³/mol. The van der Waals surface area contributed by atoms with Crippen molar-refractivity contribution in [2.75, 3.05) is 5.32 Å². The Hall–Kier alpha value is -2.36. The van der Waals surface area contributed by atoms with Gasteiger partial charge in [-0.15, -0.1) is 0 Å². The summed E-state index contributed by atoms with van der Waals surface area (Å²) < 4.78 is 13.7.